The van der Waals surface area contributed by atoms with Crippen LogP contribution in [0.1, 0.15) is 5.69 Å². The van der Waals surface area contributed by atoms with Crippen molar-refractivity contribution in [1.82, 2.24) is 19.6 Å². The van der Waals surface area contributed by atoms with Crippen LogP contribution in [0.25, 0.3) is 28.0 Å². The van der Waals surface area contributed by atoms with Gasteiger partial charge >= 0.3 is 6.18 Å². The topological polar surface area (TPSA) is 43.1 Å². The number of pyridine rings is 1. The van der Waals surface area contributed by atoms with Crippen molar-refractivity contribution >= 4 is 17.2 Å². The van der Waals surface area contributed by atoms with E-state index in [2.05, 4.69) is 15.1 Å². The molecule has 8 heteroatoms. The standard InChI is InChI=1S/C18H10ClF3N4/c19-13-3-1-11(2-4-13)14-10-24-26-16(18(20,21)22)9-15(25-17(14)26)12-5-7-23-8-6-12/h1-10H. The lowest BCUT2D eigenvalue weighted by Crippen LogP contribution is -2.13. The maximum absolute atomic E-state index is 13.6. The molecular weight excluding hydrogens is 365 g/mol. The average molecular weight is 375 g/mol. The number of alkyl halides is 3. The molecule has 0 aliphatic heterocycles. The molecule has 26 heavy (non-hydrogen) atoms. The Morgan fingerprint density at radius 2 is 1.62 bits per heavy atom. The summed E-state index contributed by atoms with van der Waals surface area (Å²) in [6.45, 7) is 0. The Bertz CT molecular complexity index is 1070. The highest BCUT2D eigenvalue weighted by Gasteiger charge is 2.35. The van der Waals surface area contributed by atoms with E-state index >= 15 is 0 Å². The molecule has 4 aromatic rings. The highest BCUT2D eigenvalue weighted by Crippen LogP contribution is 2.34. The summed E-state index contributed by atoms with van der Waals surface area (Å²) in [5, 5.41) is 4.44. The summed E-state index contributed by atoms with van der Waals surface area (Å²) in [4.78, 5) is 8.31. The summed E-state index contributed by atoms with van der Waals surface area (Å²) in [6.07, 6.45) is -0.195. The Morgan fingerprint density at radius 3 is 2.27 bits per heavy atom. The van der Waals surface area contributed by atoms with Crippen LogP contribution in [0.5, 0.6) is 0 Å². The van der Waals surface area contributed by atoms with Gasteiger partial charge < -0.3 is 0 Å². The number of fused-ring (bicyclic) bond motifs is 1. The maximum atomic E-state index is 13.6. The van der Waals surface area contributed by atoms with E-state index in [1.54, 1.807) is 36.4 Å². The summed E-state index contributed by atoms with van der Waals surface area (Å²) in [7, 11) is 0. The van der Waals surface area contributed by atoms with Gasteiger partial charge in [0.25, 0.3) is 0 Å². The second-order valence-corrected chi connectivity index (χ2v) is 6.00. The number of halogens is 4. The van der Waals surface area contributed by atoms with Crippen molar-refractivity contribution in [3.8, 4) is 22.4 Å². The Labute approximate surface area is 150 Å². The summed E-state index contributed by atoms with van der Waals surface area (Å²) >= 11 is 5.89. The van der Waals surface area contributed by atoms with E-state index in [1.807, 2.05) is 0 Å². The lowest BCUT2D eigenvalue weighted by atomic mass is 10.1. The van der Waals surface area contributed by atoms with Crippen LogP contribution >= 0.6 is 11.6 Å². The van der Waals surface area contributed by atoms with Gasteiger partial charge in [0.1, 0.15) is 0 Å². The van der Waals surface area contributed by atoms with Crippen LogP contribution in [-0.2, 0) is 6.18 Å². The molecule has 0 radical (unpaired) electrons. The minimum Gasteiger partial charge on any atom is -0.265 e. The van der Waals surface area contributed by atoms with Crippen LogP contribution in [-0.4, -0.2) is 19.6 Å². The van der Waals surface area contributed by atoms with E-state index < -0.39 is 11.9 Å². The predicted molar refractivity (Wildman–Crippen MR) is 91.7 cm³/mol. The first-order valence-electron chi connectivity index (χ1n) is 7.56. The Hall–Kier alpha value is -2.93. The first kappa shape index (κ1) is 16.5. The van der Waals surface area contributed by atoms with E-state index in [4.69, 9.17) is 11.6 Å². The number of benzene rings is 1. The molecule has 0 aliphatic rings. The van der Waals surface area contributed by atoms with Gasteiger partial charge in [-0.2, -0.15) is 18.3 Å². The molecule has 3 heterocycles. The molecule has 0 amide bonds. The number of rotatable bonds is 2. The van der Waals surface area contributed by atoms with E-state index in [-0.39, 0.29) is 11.3 Å². The van der Waals surface area contributed by atoms with E-state index in [0.29, 0.717) is 21.7 Å². The van der Waals surface area contributed by atoms with Crippen molar-refractivity contribution in [3.05, 3.63) is 71.8 Å². The fourth-order valence-electron chi connectivity index (χ4n) is 2.67. The number of hydrogen-bond acceptors (Lipinski definition) is 3. The maximum Gasteiger partial charge on any atom is 0.433 e. The zero-order chi connectivity index (χ0) is 18.3. The predicted octanol–water partition coefficient (Wildman–Crippen LogP) is 5.13. The van der Waals surface area contributed by atoms with E-state index in [9.17, 15) is 13.2 Å². The SMILES string of the molecule is FC(F)(F)c1cc(-c2ccncc2)nc2c(-c3ccc(Cl)cc3)cnn12. The molecule has 0 unspecified atom stereocenters. The Balaban J connectivity index is 2.01. The zero-order valence-corrected chi connectivity index (χ0v) is 13.8. The van der Waals surface area contributed by atoms with Crippen LogP contribution in [0.4, 0.5) is 13.2 Å². The monoisotopic (exact) mass is 374 g/mol. The second kappa shape index (κ2) is 6.10. The van der Waals surface area contributed by atoms with Gasteiger partial charge in [0, 0.05) is 28.5 Å². The average Bonchev–Trinajstić information content (AvgIpc) is 3.05. The fourth-order valence-corrected chi connectivity index (χ4v) is 2.79. The second-order valence-electron chi connectivity index (χ2n) is 5.56. The van der Waals surface area contributed by atoms with Gasteiger partial charge in [0.05, 0.1) is 11.9 Å². The third-order valence-corrected chi connectivity index (χ3v) is 4.15. The molecule has 0 bridgehead atoms. The zero-order valence-electron chi connectivity index (χ0n) is 13.1. The lowest BCUT2D eigenvalue weighted by molar-refractivity contribution is -0.142. The molecule has 0 atom stereocenters. The molecule has 1 aromatic carbocycles. The summed E-state index contributed by atoms with van der Waals surface area (Å²) in [5.74, 6) is 0. The summed E-state index contributed by atoms with van der Waals surface area (Å²) in [6, 6.07) is 11.0. The molecule has 0 aliphatic carbocycles. The van der Waals surface area contributed by atoms with Crippen LogP contribution in [0.2, 0.25) is 5.02 Å². The fraction of sp³-hybridized carbons (Fsp3) is 0.0556. The summed E-state index contributed by atoms with van der Waals surface area (Å²) < 4.78 is 41.5. The largest absolute Gasteiger partial charge is 0.433 e. The number of nitrogens with zero attached hydrogens (tertiary/aromatic N) is 4. The molecule has 130 valence electrons. The van der Waals surface area contributed by atoms with Gasteiger partial charge in [-0.1, -0.05) is 23.7 Å². The molecule has 0 saturated carbocycles. The van der Waals surface area contributed by atoms with Crippen molar-refractivity contribution < 1.29 is 13.2 Å². The van der Waals surface area contributed by atoms with Gasteiger partial charge in [-0.15, -0.1) is 0 Å². The van der Waals surface area contributed by atoms with Crippen LogP contribution in [0, 0.1) is 0 Å². The van der Waals surface area contributed by atoms with Gasteiger partial charge in [-0.3, -0.25) is 4.98 Å². The molecule has 0 saturated heterocycles. The van der Waals surface area contributed by atoms with Gasteiger partial charge in [0.2, 0.25) is 0 Å². The van der Waals surface area contributed by atoms with Crippen molar-refractivity contribution in [1.29, 1.82) is 0 Å². The number of hydrogen-bond donors (Lipinski definition) is 0. The molecule has 0 spiro atoms. The Kier molecular flexibility index (Phi) is 3.88. The molecule has 4 nitrogen and oxygen atoms in total. The van der Waals surface area contributed by atoms with Crippen molar-refractivity contribution in [2.75, 3.05) is 0 Å². The van der Waals surface area contributed by atoms with Gasteiger partial charge in [-0.05, 0) is 35.9 Å². The van der Waals surface area contributed by atoms with E-state index in [0.717, 1.165) is 10.6 Å². The third kappa shape index (κ3) is 2.90. The van der Waals surface area contributed by atoms with Gasteiger partial charge in [0.15, 0.2) is 11.3 Å². The molecule has 0 N–H and O–H groups in total. The third-order valence-electron chi connectivity index (χ3n) is 3.89. The quantitative estimate of drug-likeness (QED) is 0.488. The first-order valence-corrected chi connectivity index (χ1v) is 7.93. The van der Waals surface area contributed by atoms with Crippen LogP contribution < -0.4 is 0 Å². The highest BCUT2D eigenvalue weighted by molar-refractivity contribution is 6.30. The van der Waals surface area contributed by atoms with Crippen molar-refractivity contribution in [3.63, 3.8) is 0 Å². The normalized spacial score (nSPS) is 11.8. The molecule has 0 fully saturated rings. The van der Waals surface area contributed by atoms with Gasteiger partial charge in [-0.25, -0.2) is 9.50 Å². The Morgan fingerprint density at radius 1 is 0.923 bits per heavy atom. The molecule has 4 rings (SSSR count). The lowest BCUT2D eigenvalue weighted by Gasteiger charge is -2.11. The highest BCUT2D eigenvalue weighted by atomic mass is 35.5. The first-order chi connectivity index (χ1) is 12.4. The minimum atomic E-state index is -4.58. The van der Waals surface area contributed by atoms with Crippen LogP contribution in [0.15, 0.2) is 61.1 Å². The van der Waals surface area contributed by atoms with Crippen molar-refractivity contribution in [2.24, 2.45) is 0 Å². The number of aromatic nitrogens is 4. The molecule has 3 aromatic heterocycles. The van der Waals surface area contributed by atoms with Crippen molar-refractivity contribution in [2.45, 2.75) is 6.18 Å². The molecular formula is C18H10ClF3N4. The summed E-state index contributed by atoms with van der Waals surface area (Å²) in [5.41, 5.74) is 1.13. The van der Waals surface area contributed by atoms with Crippen LogP contribution in [0.3, 0.4) is 0 Å². The smallest absolute Gasteiger partial charge is 0.265 e. The minimum absolute atomic E-state index is 0.119. The van der Waals surface area contributed by atoms with E-state index in [1.165, 1.54) is 18.6 Å².